The Labute approximate surface area is 152 Å². The molecule has 0 bridgehead atoms. The van der Waals surface area contributed by atoms with Crippen molar-refractivity contribution < 1.29 is 14.3 Å². The molecule has 26 heavy (non-hydrogen) atoms. The maximum Gasteiger partial charge on any atom is 0.250 e. The first kappa shape index (κ1) is 18.1. The number of nitrogens with one attached hydrogen (secondary N) is 1. The number of benzene rings is 2. The Balaban J connectivity index is 1.52. The molecule has 2 amide bonds. The topological polar surface area (TPSA) is 84.7 Å². The summed E-state index contributed by atoms with van der Waals surface area (Å²) in [6.45, 7) is 3.02. The van der Waals surface area contributed by atoms with Gasteiger partial charge in [-0.3, -0.25) is 14.5 Å². The van der Waals surface area contributed by atoms with E-state index in [1.54, 1.807) is 18.2 Å². The molecule has 0 radical (unpaired) electrons. The molecule has 3 N–H and O–H groups in total. The van der Waals surface area contributed by atoms with Gasteiger partial charge >= 0.3 is 0 Å². The van der Waals surface area contributed by atoms with Gasteiger partial charge in [-0.15, -0.1) is 0 Å². The number of rotatable bonds is 6. The number of ether oxygens (including phenoxy) is 1. The molecule has 1 aliphatic heterocycles. The molecule has 1 heterocycles. The van der Waals surface area contributed by atoms with E-state index < -0.39 is 12.0 Å². The zero-order valence-corrected chi connectivity index (χ0v) is 14.6. The molecule has 0 aromatic heterocycles. The van der Waals surface area contributed by atoms with Gasteiger partial charge in [0.25, 0.3) is 5.91 Å². The van der Waals surface area contributed by atoms with Gasteiger partial charge in [0.1, 0.15) is 6.10 Å². The van der Waals surface area contributed by atoms with Crippen LogP contribution >= 0.6 is 0 Å². The lowest BCUT2D eigenvalue weighted by molar-refractivity contribution is -0.139. The molecule has 1 fully saturated rings. The van der Waals surface area contributed by atoms with Gasteiger partial charge in [0.2, 0.25) is 5.91 Å². The van der Waals surface area contributed by atoms with E-state index >= 15 is 0 Å². The summed E-state index contributed by atoms with van der Waals surface area (Å²) < 4.78 is 5.63. The molecule has 0 aliphatic carbocycles. The standard InChI is InChI=1S/C20H23N3O3/c21-19(24)17-8-4-7-16(11-17)12-22-20(25)18-14-23(9-10-26-18)13-15-5-2-1-3-6-15/h1-8,11,18H,9-10,12-14H2,(H2,21,24)(H,22,25). The quantitative estimate of drug-likeness (QED) is 0.820. The maximum atomic E-state index is 12.4. The molecule has 1 unspecified atom stereocenters. The second-order valence-electron chi connectivity index (χ2n) is 6.36. The third-order valence-electron chi connectivity index (χ3n) is 4.37. The van der Waals surface area contributed by atoms with E-state index in [1.807, 2.05) is 24.3 Å². The Hall–Kier alpha value is -2.70. The zero-order chi connectivity index (χ0) is 18.4. The van der Waals surface area contributed by atoms with Crippen LogP contribution in [0.2, 0.25) is 0 Å². The van der Waals surface area contributed by atoms with Gasteiger partial charge in [-0.25, -0.2) is 0 Å². The first-order chi connectivity index (χ1) is 12.6. The lowest BCUT2D eigenvalue weighted by Gasteiger charge is -2.32. The fourth-order valence-corrected chi connectivity index (χ4v) is 2.98. The predicted octanol–water partition coefficient (Wildman–Crippen LogP) is 1.30. The van der Waals surface area contributed by atoms with Crippen LogP contribution in [0.4, 0.5) is 0 Å². The monoisotopic (exact) mass is 353 g/mol. The second kappa shape index (κ2) is 8.60. The minimum atomic E-state index is -0.494. The van der Waals surface area contributed by atoms with Crippen LogP contribution in [0.3, 0.4) is 0 Å². The van der Waals surface area contributed by atoms with E-state index in [2.05, 4.69) is 22.3 Å². The Morgan fingerprint density at radius 2 is 1.88 bits per heavy atom. The second-order valence-corrected chi connectivity index (χ2v) is 6.36. The number of carbonyl (C=O) groups is 2. The number of amides is 2. The summed E-state index contributed by atoms with van der Waals surface area (Å²) in [5.74, 6) is -0.627. The van der Waals surface area contributed by atoms with Gasteiger partial charge in [0, 0.05) is 31.7 Å². The molecule has 6 nitrogen and oxygen atoms in total. The lowest BCUT2D eigenvalue weighted by Crippen LogP contribution is -2.49. The number of hydrogen-bond acceptors (Lipinski definition) is 4. The Bertz CT molecular complexity index is 764. The summed E-state index contributed by atoms with van der Waals surface area (Å²) in [6.07, 6.45) is -0.494. The van der Waals surface area contributed by atoms with Crippen molar-refractivity contribution >= 4 is 11.8 Å². The fourth-order valence-electron chi connectivity index (χ4n) is 2.98. The van der Waals surface area contributed by atoms with Gasteiger partial charge in [0.05, 0.1) is 6.61 Å². The van der Waals surface area contributed by atoms with E-state index in [9.17, 15) is 9.59 Å². The number of morpholine rings is 1. The van der Waals surface area contributed by atoms with Gasteiger partial charge < -0.3 is 15.8 Å². The highest BCUT2D eigenvalue weighted by molar-refractivity contribution is 5.92. The molecule has 0 saturated carbocycles. The van der Waals surface area contributed by atoms with Crippen LogP contribution < -0.4 is 11.1 Å². The van der Waals surface area contributed by atoms with Crippen molar-refractivity contribution in [3.63, 3.8) is 0 Å². The van der Waals surface area contributed by atoms with Gasteiger partial charge in [-0.2, -0.15) is 0 Å². The first-order valence-electron chi connectivity index (χ1n) is 8.66. The molecular weight excluding hydrogens is 330 g/mol. The van der Waals surface area contributed by atoms with Crippen molar-refractivity contribution in [2.45, 2.75) is 19.2 Å². The molecule has 6 heteroatoms. The number of primary amides is 1. The zero-order valence-electron chi connectivity index (χ0n) is 14.6. The molecule has 1 aliphatic rings. The summed E-state index contributed by atoms with van der Waals surface area (Å²) >= 11 is 0. The molecule has 3 rings (SSSR count). The van der Waals surface area contributed by atoms with Crippen molar-refractivity contribution in [2.75, 3.05) is 19.7 Å². The van der Waals surface area contributed by atoms with Crippen LogP contribution in [0.25, 0.3) is 0 Å². The van der Waals surface area contributed by atoms with Crippen LogP contribution in [0.15, 0.2) is 54.6 Å². The van der Waals surface area contributed by atoms with Crippen LogP contribution in [0.1, 0.15) is 21.5 Å². The summed E-state index contributed by atoms with van der Waals surface area (Å²) in [7, 11) is 0. The van der Waals surface area contributed by atoms with E-state index in [0.717, 1.165) is 18.7 Å². The molecule has 1 saturated heterocycles. The first-order valence-corrected chi connectivity index (χ1v) is 8.66. The SMILES string of the molecule is NC(=O)c1cccc(CNC(=O)C2CN(Cc3ccccc3)CCO2)c1. The van der Waals surface area contributed by atoms with Gasteiger partial charge in [0.15, 0.2) is 0 Å². The maximum absolute atomic E-state index is 12.4. The van der Waals surface area contributed by atoms with Crippen molar-refractivity contribution in [1.82, 2.24) is 10.2 Å². The Morgan fingerprint density at radius 3 is 2.65 bits per heavy atom. The number of carbonyl (C=O) groups excluding carboxylic acids is 2. The molecule has 1 atom stereocenters. The van der Waals surface area contributed by atoms with Crippen molar-refractivity contribution in [3.05, 3.63) is 71.3 Å². The normalized spacial score (nSPS) is 17.6. The summed E-state index contributed by atoms with van der Waals surface area (Å²) in [6, 6.07) is 17.1. The van der Waals surface area contributed by atoms with Gasteiger partial charge in [-0.05, 0) is 23.3 Å². The number of hydrogen-bond donors (Lipinski definition) is 2. The van der Waals surface area contributed by atoms with E-state index in [-0.39, 0.29) is 5.91 Å². The van der Waals surface area contributed by atoms with Crippen molar-refractivity contribution in [3.8, 4) is 0 Å². The highest BCUT2D eigenvalue weighted by Gasteiger charge is 2.26. The number of nitrogens with zero attached hydrogens (tertiary/aromatic N) is 1. The third kappa shape index (κ3) is 4.91. The van der Waals surface area contributed by atoms with E-state index in [4.69, 9.17) is 10.5 Å². The highest BCUT2D eigenvalue weighted by Crippen LogP contribution is 2.11. The fraction of sp³-hybridized carbons (Fsp3) is 0.300. The number of nitrogens with two attached hydrogens (primary N) is 1. The average molecular weight is 353 g/mol. The summed E-state index contributed by atoms with van der Waals surface area (Å²) in [5, 5.41) is 2.88. The molecule has 0 spiro atoms. The Morgan fingerprint density at radius 1 is 1.12 bits per heavy atom. The molecular formula is C20H23N3O3. The summed E-state index contributed by atoms with van der Waals surface area (Å²) in [5.41, 5.74) is 7.76. The minimum absolute atomic E-state index is 0.146. The molecule has 2 aromatic rings. The minimum Gasteiger partial charge on any atom is -0.366 e. The smallest absolute Gasteiger partial charge is 0.250 e. The van der Waals surface area contributed by atoms with Crippen molar-refractivity contribution in [2.24, 2.45) is 5.73 Å². The molecule has 136 valence electrons. The van der Waals surface area contributed by atoms with Crippen LogP contribution in [0.5, 0.6) is 0 Å². The van der Waals surface area contributed by atoms with Crippen LogP contribution in [-0.4, -0.2) is 42.5 Å². The van der Waals surface area contributed by atoms with Gasteiger partial charge in [-0.1, -0.05) is 42.5 Å². The average Bonchev–Trinajstić information content (AvgIpc) is 2.67. The van der Waals surface area contributed by atoms with E-state index in [1.165, 1.54) is 5.56 Å². The largest absolute Gasteiger partial charge is 0.366 e. The van der Waals surface area contributed by atoms with Crippen LogP contribution in [-0.2, 0) is 22.6 Å². The lowest BCUT2D eigenvalue weighted by atomic mass is 10.1. The highest BCUT2D eigenvalue weighted by atomic mass is 16.5. The van der Waals surface area contributed by atoms with E-state index in [0.29, 0.717) is 25.3 Å². The predicted molar refractivity (Wildman–Crippen MR) is 98.3 cm³/mol. The Kier molecular flexibility index (Phi) is 5.99. The molecule has 2 aromatic carbocycles. The van der Waals surface area contributed by atoms with Crippen LogP contribution in [0, 0.1) is 0 Å². The van der Waals surface area contributed by atoms with Crippen molar-refractivity contribution in [1.29, 1.82) is 0 Å². The third-order valence-corrected chi connectivity index (χ3v) is 4.37. The summed E-state index contributed by atoms with van der Waals surface area (Å²) in [4.78, 5) is 25.9.